The number of hydrogen-bond donors (Lipinski definition) is 4. The molecule has 0 saturated carbocycles. The van der Waals surface area contributed by atoms with Crippen molar-refractivity contribution in [3.8, 4) is 0 Å². The molecule has 1 aliphatic heterocycles. The first-order chi connectivity index (χ1) is 25.6. The molecule has 0 aromatic heterocycles. The SMILES string of the molecule is CCOC(OCC)[C@@H](NC(=O)[C@@H]1CCCN1C(=O)[C@@H](NC(=O)[C@H](CCCCNC(=O)OCc1ccccc1)NC(=O)OCCS(C)(=O)=O)C(C)C)C(C)C. The monoisotopic (exact) mass is 783 g/mol. The molecule has 0 radical (unpaired) electrons. The van der Waals surface area contributed by atoms with Crippen LogP contribution in [-0.2, 0) is 49.8 Å². The van der Waals surface area contributed by atoms with E-state index in [9.17, 15) is 32.4 Å². The summed E-state index contributed by atoms with van der Waals surface area (Å²) >= 11 is 0. The Kier molecular flexibility index (Phi) is 20.3. The number of alkyl carbamates (subject to hydrolysis) is 2. The average molecular weight is 784 g/mol. The third kappa shape index (κ3) is 16.6. The van der Waals surface area contributed by atoms with E-state index in [0.717, 1.165) is 11.8 Å². The minimum atomic E-state index is -3.40. The number of ether oxygens (including phenoxy) is 4. The van der Waals surface area contributed by atoms with Gasteiger partial charge in [-0.1, -0.05) is 58.0 Å². The predicted octanol–water partition coefficient (Wildman–Crippen LogP) is 2.89. The third-order valence-corrected chi connectivity index (χ3v) is 9.66. The summed E-state index contributed by atoms with van der Waals surface area (Å²) in [5.41, 5.74) is 0.839. The summed E-state index contributed by atoms with van der Waals surface area (Å²) in [7, 11) is -3.40. The van der Waals surface area contributed by atoms with Gasteiger partial charge in [-0.25, -0.2) is 18.0 Å². The number of amides is 5. The maximum atomic E-state index is 14.0. The molecule has 54 heavy (non-hydrogen) atoms. The van der Waals surface area contributed by atoms with Gasteiger partial charge in [0.25, 0.3) is 0 Å². The lowest BCUT2D eigenvalue weighted by atomic mass is 10.00. The van der Waals surface area contributed by atoms with Crippen molar-refractivity contribution in [2.24, 2.45) is 11.8 Å². The van der Waals surface area contributed by atoms with Crippen molar-refractivity contribution >= 4 is 39.7 Å². The minimum absolute atomic E-state index is 0.0305. The Morgan fingerprint density at radius 2 is 1.54 bits per heavy atom. The van der Waals surface area contributed by atoms with Crippen molar-refractivity contribution in [2.45, 2.75) is 111 Å². The highest BCUT2D eigenvalue weighted by Crippen LogP contribution is 2.22. The van der Waals surface area contributed by atoms with E-state index < -0.39 is 76.7 Å². The van der Waals surface area contributed by atoms with Gasteiger partial charge >= 0.3 is 12.2 Å². The van der Waals surface area contributed by atoms with Crippen molar-refractivity contribution in [3.05, 3.63) is 35.9 Å². The second kappa shape index (κ2) is 23.7. The number of rotatable bonds is 23. The van der Waals surface area contributed by atoms with Crippen molar-refractivity contribution in [1.82, 2.24) is 26.2 Å². The Labute approximate surface area is 320 Å². The third-order valence-electron chi connectivity index (χ3n) is 8.75. The number of hydrogen-bond acceptors (Lipinski definition) is 11. The summed E-state index contributed by atoms with van der Waals surface area (Å²) in [5.74, 6) is -2.25. The fourth-order valence-corrected chi connectivity index (χ4v) is 6.21. The zero-order valence-electron chi connectivity index (χ0n) is 32.8. The quantitative estimate of drug-likeness (QED) is 0.0938. The van der Waals surface area contributed by atoms with Crippen LogP contribution >= 0.6 is 0 Å². The zero-order valence-corrected chi connectivity index (χ0v) is 33.6. The van der Waals surface area contributed by atoms with Crippen molar-refractivity contribution < 1.29 is 51.3 Å². The Morgan fingerprint density at radius 3 is 2.13 bits per heavy atom. The molecule has 17 heteroatoms. The fourth-order valence-electron chi connectivity index (χ4n) is 5.82. The fraction of sp³-hybridized carbons (Fsp3) is 0.703. The van der Waals surface area contributed by atoms with Gasteiger partial charge in [0.05, 0.1) is 11.8 Å². The van der Waals surface area contributed by atoms with Gasteiger partial charge in [0.1, 0.15) is 31.3 Å². The smallest absolute Gasteiger partial charge is 0.407 e. The molecule has 1 heterocycles. The van der Waals surface area contributed by atoms with Gasteiger partial charge < -0.3 is 45.1 Å². The van der Waals surface area contributed by atoms with Crippen LogP contribution in [0.5, 0.6) is 0 Å². The van der Waals surface area contributed by atoms with Crippen LogP contribution in [0.1, 0.15) is 79.2 Å². The van der Waals surface area contributed by atoms with Crippen molar-refractivity contribution in [3.63, 3.8) is 0 Å². The second-order valence-corrected chi connectivity index (χ2v) is 16.2. The van der Waals surface area contributed by atoms with E-state index >= 15 is 0 Å². The lowest BCUT2D eigenvalue weighted by Gasteiger charge is -2.34. The molecule has 4 N–H and O–H groups in total. The summed E-state index contributed by atoms with van der Waals surface area (Å²) < 4.78 is 44.8. The first kappa shape index (κ1) is 46.2. The first-order valence-electron chi connectivity index (χ1n) is 18.8. The number of sulfone groups is 1. The maximum Gasteiger partial charge on any atom is 0.407 e. The van der Waals surface area contributed by atoms with E-state index in [2.05, 4.69) is 21.3 Å². The first-order valence-corrected chi connectivity index (χ1v) is 20.8. The minimum Gasteiger partial charge on any atom is -0.448 e. The van der Waals surface area contributed by atoms with Crippen LogP contribution in [0.15, 0.2) is 30.3 Å². The molecular formula is C37H61N5O11S. The Bertz CT molecular complexity index is 1440. The van der Waals surface area contributed by atoms with Gasteiger partial charge in [-0.3, -0.25) is 14.4 Å². The molecule has 0 unspecified atom stereocenters. The molecule has 1 aromatic rings. The molecule has 306 valence electrons. The highest BCUT2D eigenvalue weighted by molar-refractivity contribution is 7.90. The molecule has 4 atom stereocenters. The predicted molar refractivity (Wildman–Crippen MR) is 202 cm³/mol. The molecule has 1 aromatic carbocycles. The van der Waals surface area contributed by atoms with Crippen LogP contribution in [0.3, 0.4) is 0 Å². The molecule has 16 nitrogen and oxygen atoms in total. The number of unbranched alkanes of at least 4 members (excludes halogenated alkanes) is 1. The molecule has 1 fully saturated rings. The van der Waals surface area contributed by atoms with Gasteiger partial charge in [-0.05, 0) is 63.4 Å². The van der Waals surface area contributed by atoms with E-state index in [1.54, 1.807) is 13.8 Å². The number of nitrogens with zero attached hydrogens (tertiary/aromatic N) is 1. The number of benzene rings is 1. The molecule has 1 aliphatic rings. The molecule has 0 spiro atoms. The Hall–Kier alpha value is -3.96. The highest BCUT2D eigenvalue weighted by Gasteiger charge is 2.41. The van der Waals surface area contributed by atoms with E-state index in [1.165, 1.54) is 4.90 Å². The van der Waals surface area contributed by atoms with E-state index in [4.69, 9.17) is 18.9 Å². The van der Waals surface area contributed by atoms with E-state index in [-0.39, 0.29) is 37.3 Å². The summed E-state index contributed by atoms with van der Waals surface area (Å²) in [6.07, 6.45) is 0.683. The van der Waals surface area contributed by atoms with Crippen molar-refractivity contribution in [2.75, 3.05) is 44.9 Å². The summed E-state index contributed by atoms with van der Waals surface area (Å²) in [6.45, 7) is 12.1. The van der Waals surface area contributed by atoms with Crippen LogP contribution < -0.4 is 21.3 Å². The lowest BCUT2D eigenvalue weighted by Crippen LogP contribution is -2.59. The molecule has 0 bridgehead atoms. The Balaban J connectivity index is 2.10. The number of nitrogens with one attached hydrogen (secondary N) is 4. The molecular weight excluding hydrogens is 722 g/mol. The lowest BCUT2D eigenvalue weighted by molar-refractivity contribution is -0.166. The summed E-state index contributed by atoms with van der Waals surface area (Å²) in [5, 5.41) is 11.0. The van der Waals surface area contributed by atoms with Crippen molar-refractivity contribution in [1.29, 1.82) is 0 Å². The van der Waals surface area contributed by atoms with E-state index in [1.807, 2.05) is 58.0 Å². The van der Waals surface area contributed by atoms with Crippen LogP contribution in [0.25, 0.3) is 0 Å². The zero-order chi connectivity index (χ0) is 40.3. The largest absolute Gasteiger partial charge is 0.448 e. The van der Waals surface area contributed by atoms with Gasteiger partial charge in [0.15, 0.2) is 16.1 Å². The Morgan fingerprint density at radius 1 is 0.870 bits per heavy atom. The molecule has 5 amide bonds. The summed E-state index contributed by atoms with van der Waals surface area (Å²) in [4.78, 5) is 67.7. The number of carbonyl (C=O) groups excluding carboxylic acids is 5. The molecule has 2 rings (SSSR count). The van der Waals surface area contributed by atoms with Crippen LogP contribution in [0, 0.1) is 11.8 Å². The average Bonchev–Trinajstić information content (AvgIpc) is 3.61. The van der Waals surface area contributed by atoms with E-state index in [0.29, 0.717) is 45.4 Å². The standard InChI is InChI=1S/C37H61N5O11S/c1-8-50-35(51-9-2)31(26(5)6)41-33(44)29-19-15-21-42(29)34(45)30(25(3)4)40-32(43)28(39-37(47)52-22-23-54(7,48)49)18-13-14-20-38-36(46)53-24-27-16-11-10-12-17-27/h10-12,16-17,25-26,28-31,35H,8-9,13-15,18-24H2,1-7H3,(H,38,46)(H,39,47)(H,40,43)(H,41,44)/t28-,29-,30-,31-/m0/s1. The topological polar surface area (TPSA) is 208 Å². The molecule has 0 aliphatic carbocycles. The van der Waals surface area contributed by atoms with Gasteiger partial charge in [-0.2, -0.15) is 0 Å². The van der Waals surface area contributed by atoms with Crippen LogP contribution in [0.2, 0.25) is 0 Å². The normalized spacial score (nSPS) is 16.1. The van der Waals surface area contributed by atoms with Gasteiger partial charge in [0.2, 0.25) is 17.7 Å². The number of carbonyl (C=O) groups is 5. The molecule has 1 saturated heterocycles. The second-order valence-electron chi connectivity index (χ2n) is 13.9. The van der Waals surface area contributed by atoms with Gasteiger partial charge in [-0.15, -0.1) is 0 Å². The number of likely N-dealkylation sites (tertiary alicyclic amines) is 1. The van der Waals surface area contributed by atoms with Crippen LogP contribution in [0.4, 0.5) is 9.59 Å². The highest BCUT2D eigenvalue weighted by atomic mass is 32.2. The van der Waals surface area contributed by atoms with Gasteiger partial charge in [0, 0.05) is 32.6 Å². The maximum absolute atomic E-state index is 14.0. The van der Waals surface area contributed by atoms with Crippen LogP contribution in [-0.4, -0.2) is 119 Å². The summed E-state index contributed by atoms with van der Waals surface area (Å²) in [6, 6.07) is 5.78.